The lowest BCUT2D eigenvalue weighted by atomic mass is 10.1. The Balaban J connectivity index is 1.97. The van der Waals surface area contributed by atoms with Crippen LogP contribution in [0.1, 0.15) is 10.4 Å². The summed E-state index contributed by atoms with van der Waals surface area (Å²) >= 11 is 23.4. The number of benzene rings is 2. The Hall–Kier alpha value is -2.25. The maximum atomic E-state index is 11.6. The van der Waals surface area contributed by atoms with Gasteiger partial charge in [0.25, 0.3) is 5.91 Å². The van der Waals surface area contributed by atoms with Crippen LogP contribution in [0.3, 0.4) is 0 Å². The highest BCUT2D eigenvalue weighted by molar-refractivity contribution is 6.54. The number of hydrogen-bond acceptors (Lipinski definition) is 4. The van der Waals surface area contributed by atoms with Crippen LogP contribution in [0.2, 0.25) is 10.0 Å². The Kier molecular flexibility index (Phi) is 6.15. The standard InChI is InChI=1S/C18H10Cl4N2O4/c19-11-5-4-10(18(26)27)15(20)14(11)12-7-13(28-24-12)8-2-1-3-9(6-8)23-17(25)16(21)22/h1-7,16H,(H,23,25)(H,26,27). The van der Waals surface area contributed by atoms with Crippen LogP contribution in [-0.4, -0.2) is 27.0 Å². The number of halogens is 4. The summed E-state index contributed by atoms with van der Waals surface area (Å²) in [5.74, 6) is -1.40. The van der Waals surface area contributed by atoms with Gasteiger partial charge in [-0.05, 0) is 24.3 Å². The van der Waals surface area contributed by atoms with Crippen LogP contribution >= 0.6 is 46.4 Å². The van der Waals surface area contributed by atoms with Crippen LogP contribution in [0.4, 0.5) is 5.69 Å². The predicted octanol–water partition coefficient (Wildman–Crippen LogP) is 5.76. The summed E-state index contributed by atoms with van der Waals surface area (Å²) in [6, 6.07) is 11.0. The maximum Gasteiger partial charge on any atom is 0.337 e. The van der Waals surface area contributed by atoms with Crippen LogP contribution in [0.5, 0.6) is 0 Å². The molecule has 3 aromatic rings. The molecule has 3 rings (SSSR count). The number of aromatic nitrogens is 1. The van der Waals surface area contributed by atoms with E-state index in [4.69, 9.17) is 50.9 Å². The summed E-state index contributed by atoms with van der Waals surface area (Å²) in [5.41, 5.74) is 1.46. The van der Waals surface area contributed by atoms with Crippen LogP contribution in [0, 0.1) is 0 Å². The smallest absolute Gasteiger partial charge is 0.337 e. The third-order valence-electron chi connectivity index (χ3n) is 3.70. The van der Waals surface area contributed by atoms with Gasteiger partial charge in [-0.1, -0.05) is 63.7 Å². The number of hydrogen-bond donors (Lipinski definition) is 2. The molecular weight excluding hydrogens is 450 g/mol. The fourth-order valence-corrected chi connectivity index (χ4v) is 3.18. The number of nitrogens with one attached hydrogen (secondary N) is 1. The van der Waals surface area contributed by atoms with Gasteiger partial charge in [0.15, 0.2) is 10.6 Å². The van der Waals surface area contributed by atoms with Crippen LogP contribution in [0.25, 0.3) is 22.6 Å². The third kappa shape index (κ3) is 4.25. The van der Waals surface area contributed by atoms with E-state index in [0.29, 0.717) is 17.0 Å². The molecule has 0 aliphatic carbocycles. The molecular formula is C18H10Cl4N2O4. The fraction of sp³-hybridized carbons (Fsp3) is 0.0556. The van der Waals surface area contributed by atoms with E-state index in [2.05, 4.69) is 10.5 Å². The monoisotopic (exact) mass is 458 g/mol. The Morgan fingerprint density at radius 3 is 2.54 bits per heavy atom. The first kappa shape index (κ1) is 20.5. The van der Waals surface area contributed by atoms with Gasteiger partial charge in [-0.2, -0.15) is 0 Å². The molecule has 10 heteroatoms. The summed E-state index contributed by atoms with van der Waals surface area (Å²) < 4.78 is 5.34. The molecule has 0 unspecified atom stereocenters. The number of carbonyl (C=O) groups excluding carboxylic acids is 1. The molecule has 0 bridgehead atoms. The average Bonchev–Trinajstić information content (AvgIpc) is 3.11. The minimum absolute atomic E-state index is 0.0452. The van der Waals surface area contributed by atoms with Crippen molar-refractivity contribution >= 4 is 64.0 Å². The SMILES string of the molecule is O=C(O)c1ccc(Cl)c(-c2cc(-c3cccc(NC(=O)C(Cl)Cl)c3)on2)c1Cl. The zero-order chi connectivity index (χ0) is 20.4. The van der Waals surface area contributed by atoms with Crippen molar-refractivity contribution in [2.75, 3.05) is 5.32 Å². The molecule has 28 heavy (non-hydrogen) atoms. The lowest BCUT2D eigenvalue weighted by Gasteiger charge is -2.06. The van der Waals surface area contributed by atoms with E-state index in [1.54, 1.807) is 30.3 Å². The van der Waals surface area contributed by atoms with Crippen molar-refractivity contribution in [2.45, 2.75) is 4.84 Å². The second-order valence-electron chi connectivity index (χ2n) is 5.54. The first-order chi connectivity index (χ1) is 13.3. The molecule has 2 aromatic carbocycles. The molecule has 0 radical (unpaired) electrons. The van der Waals surface area contributed by atoms with E-state index in [0.717, 1.165) is 0 Å². The van der Waals surface area contributed by atoms with Crippen LogP contribution in [0.15, 0.2) is 47.0 Å². The Morgan fingerprint density at radius 1 is 1.11 bits per heavy atom. The van der Waals surface area contributed by atoms with Gasteiger partial charge < -0.3 is 14.9 Å². The number of anilines is 1. The Bertz CT molecular complexity index is 1070. The molecule has 0 spiro atoms. The molecule has 0 aliphatic heterocycles. The highest BCUT2D eigenvalue weighted by atomic mass is 35.5. The number of carbonyl (C=O) groups is 2. The Morgan fingerprint density at radius 2 is 1.86 bits per heavy atom. The second-order valence-corrected chi connectivity index (χ2v) is 7.42. The molecule has 0 fully saturated rings. The summed E-state index contributed by atoms with van der Waals surface area (Å²) in [5, 5.41) is 15.9. The van der Waals surface area contributed by atoms with Gasteiger partial charge in [0, 0.05) is 22.9 Å². The normalized spacial score (nSPS) is 10.9. The topological polar surface area (TPSA) is 92.4 Å². The van der Waals surface area contributed by atoms with E-state index in [1.807, 2.05) is 0 Å². The molecule has 0 atom stereocenters. The van der Waals surface area contributed by atoms with Gasteiger partial charge >= 0.3 is 5.97 Å². The zero-order valence-electron chi connectivity index (χ0n) is 13.7. The number of amides is 1. The minimum Gasteiger partial charge on any atom is -0.478 e. The minimum atomic E-state index is -1.20. The maximum absolute atomic E-state index is 11.6. The van der Waals surface area contributed by atoms with Crippen molar-refractivity contribution < 1.29 is 19.2 Å². The van der Waals surface area contributed by atoms with Crippen molar-refractivity contribution in [1.82, 2.24) is 5.16 Å². The second kappa shape index (κ2) is 8.41. The molecule has 0 saturated heterocycles. The summed E-state index contributed by atoms with van der Waals surface area (Å²) in [4.78, 5) is 21.7. The number of nitrogens with zero attached hydrogens (tertiary/aromatic N) is 1. The van der Waals surface area contributed by atoms with Gasteiger partial charge in [0.1, 0.15) is 5.69 Å². The number of aromatic carboxylic acids is 1. The molecule has 1 aromatic heterocycles. The molecule has 0 aliphatic rings. The van der Waals surface area contributed by atoms with E-state index in [9.17, 15) is 14.7 Å². The van der Waals surface area contributed by atoms with Gasteiger partial charge in [-0.15, -0.1) is 0 Å². The first-order valence-electron chi connectivity index (χ1n) is 7.65. The predicted molar refractivity (Wildman–Crippen MR) is 108 cm³/mol. The third-order valence-corrected chi connectivity index (χ3v) is 4.80. The summed E-state index contributed by atoms with van der Waals surface area (Å²) in [6.45, 7) is 0. The summed E-state index contributed by atoms with van der Waals surface area (Å²) in [6.07, 6.45) is 0. The van der Waals surface area contributed by atoms with E-state index < -0.39 is 16.7 Å². The zero-order valence-corrected chi connectivity index (χ0v) is 16.8. The quantitative estimate of drug-likeness (QED) is 0.473. The van der Waals surface area contributed by atoms with Gasteiger partial charge in [-0.3, -0.25) is 4.79 Å². The van der Waals surface area contributed by atoms with Crippen molar-refractivity contribution in [3.05, 3.63) is 58.1 Å². The van der Waals surface area contributed by atoms with E-state index in [-0.39, 0.29) is 26.9 Å². The Labute approximate surface area is 178 Å². The average molecular weight is 460 g/mol. The highest BCUT2D eigenvalue weighted by Crippen LogP contribution is 2.38. The summed E-state index contributed by atoms with van der Waals surface area (Å²) in [7, 11) is 0. The van der Waals surface area contributed by atoms with Gasteiger partial charge in [-0.25, -0.2) is 4.79 Å². The fourth-order valence-electron chi connectivity index (χ4n) is 2.43. The molecule has 144 valence electrons. The van der Waals surface area contributed by atoms with E-state index in [1.165, 1.54) is 12.1 Å². The number of carboxylic acid groups (broad SMARTS) is 1. The van der Waals surface area contributed by atoms with Crippen molar-refractivity contribution in [1.29, 1.82) is 0 Å². The molecule has 6 nitrogen and oxygen atoms in total. The number of alkyl halides is 2. The first-order valence-corrected chi connectivity index (χ1v) is 9.28. The molecule has 1 amide bonds. The number of rotatable bonds is 5. The van der Waals surface area contributed by atoms with E-state index >= 15 is 0 Å². The molecule has 0 saturated carbocycles. The van der Waals surface area contributed by atoms with Crippen molar-refractivity contribution in [3.63, 3.8) is 0 Å². The van der Waals surface area contributed by atoms with Crippen molar-refractivity contribution in [2.24, 2.45) is 0 Å². The highest BCUT2D eigenvalue weighted by Gasteiger charge is 2.20. The molecule has 1 heterocycles. The van der Waals surface area contributed by atoms with Gasteiger partial charge in [0.2, 0.25) is 0 Å². The van der Waals surface area contributed by atoms with Gasteiger partial charge in [0.05, 0.1) is 15.6 Å². The van der Waals surface area contributed by atoms with Crippen LogP contribution in [-0.2, 0) is 4.79 Å². The number of carboxylic acids is 1. The lowest BCUT2D eigenvalue weighted by molar-refractivity contribution is -0.114. The lowest BCUT2D eigenvalue weighted by Crippen LogP contribution is -2.18. The molecule has 2 N–H and O–H groups in total. The van der Waals surface area contributed by atoms with Crippen LogP contribution < -0.4 is 5.32 Å². The van der Waals surface area contributed by atoms with Crippen molar-refractivity contribution in [3.8, 4) is 22.6 Å². The largest absolute Gasteiger partial charge is 0.478 e.